The molecule has 2 aromatic rings. The lowest BCUT2D eigenvalue weighted by molar-refractivity contribution is 0.340. The molecule has 0 amide bonds. The van der Waals surface area contributed by atoms with E-state index >= 15 is 0 Å². The quantitative estimate of drug-likeness (QED) is 0.814. The standard InChI is InChI=1S/C16H20BrN3O/c1-5-21-12-8-6-7-11(9-12)18-14-10-13(17)19-15(20-14)16(2,3)4/h6-10H,5H2,1-4H3,(H,18,19,20). The normalized spacial score (nSPS) is 11.3. The van der Waals surface area contributed by atoms with Crippen molar-refractivity contribution < 1.29 is 4.74 Å². The molecule has 21 heavy (non-hydrogen) atoms. The molecular formula is C16H20BrN3O. The lowest BCUT2D eigenvalue weighted by atomic mass is 9.96. The van der Waals surface area contributed by atoms with E-state index in [4.69, 9.17) is 4.74 Å². The Hall–Kier alpha value is -1.62. The van der Waals surface area contributed by atoms with Gasteiger partial charge in [-0.3, -0.25) is 0 Å². The van der Waals surface area contributed by atoms with Gasteiger partial charge < -0.3 is 10.1 Å². The number of anilines is 2. The van der Waals surface area contributed by atoms with Crippen molar-refractivity contribution >= 4 is 27.4 Å². The predicted molar refractivity (Wildman–Crippen MR) is 89.3 cm³/mol. The summed E-state index contributed by atoms with van der Waals surface area (Å²) in [6, 6.07) is 9.69. The van der Waals surface area contributed by atoms with Crippen LogP contribution in [-0.2, 0) is 5.41 Å². The van der Waals surface area contributed by atoms with E-state index < -0.39 is 0 Å². The van der Waals surface area contributed by atoms with Crippen molar-refractivity contribution in [1.82, 2.24) is 9.97 Å². The molecule has 1 N–H and O–H groups in total. The molecule has 1 aromatic heterocycles. The fourth-order valence-corrected chi connectivity index (χ4v) is 2.18. The molecule has 1 aromatic carbocycles. The van der Waals surface area contributed by atoms with Crippen LogP contribution in [-0.4, -0.2) is 16.6 Å². The Morgan fingerprint density at radius 3 is 2.62 bits per heavy atom. The van der Waals surface area contributed by atoms with Gasteiger partial charge in [-0.05, 0) is 35.0 Å². The maximum absolute atomic E-state index is 5.50. The minimum atomic E-state index is -0.104. The van der Waals surface area contributed by atoms with Crippen molar-refractivity contribution in [1.29, 1.82) is 0 Å². The topological polar surface area (TPSA) is 47.0 Å². The van der Waals surface area contributed by atoms with Crippen LogP contribution in [0.5, 0.6) is 5.75 Å². The first-order valence-electron chi connectivity index (χ1n) is 6.93. The zero-order valence-corrected chi connectivity index (χ0v) is 14.4. The molecule has 0 saturated carbocycles. The van der Waals surface area contributed by atoms with Gasteiger partial charge in [-0.25, -0.2) is 9.97 Å². The van der Waals surface area contributed by atoms with Crippen LogP contribution >= 0.6 is 15.9 Å². The van der Waals surface area contributed by atoms with Crippen LogP contribution in [0.15, 0.2) is 34.9 Å². The van der Waals surface area contributed by atoms with E-state index in [-0.39, 0.29) is 5.41 Å². The van der Waals surface area contributed by atoms with Crippen LogP contribution in [0.4, 0.5) is 11.5 Å². The third-order valence-electron chi connectivity index (χ3n) is 2.78. The van der Waals surface area contributed by atoms with Crippen molar-refractivity contribution in [2.75, 3.05) is 11.9 Å². The molecule has 0 spiro atoms. The maximum atomic E-state index is 5.50. The number of hydrogen-bond donors (Lipinski definition) is 1. The molecule has 0 aliphatic heterocycles. The number of halogens is 1. The minimum absolute atomic E-state index is 0.104. The molecule has 0 saturated heterocycles. The highest BCUT2D eigenvalue weighted by atomic mass is 79.9. The van der Waals surface area contributed by atoms with Gasteiger partial charge in [0.15, 0.2) is 0 Å². The average molecular weight is 350 g/mol. The molecule has 112 valence electrons. The summed E-state index contributed by atoms with van der Waals surface area (Å²) in [6.45, 7) is 8.89. The van der Waals surface area contributed by atoms with E-state index in [0.29, 0.717) is 6.61 Å². The fraction of sp³-hybridized carbons (Fsp3) is 0.375. The summed E-state index contributed by atoms with van der Waals surface area (Å²) in [6.07, 6.45) is 0. The Kier molecular flexibility index (Phi) is 4.83. The summed E-state index contributed by atoms with van der Waals surface area (Å²) in [5.74, 6) is 2.39. The summed E-state index contributed by atoms with van der Waals surface area (Å²) in [5, 5.41) is 3.29. The van der Waals surface area contributed by atoms with E-state index in [1.54, 1.807) is 0 Å². The molecule has 5 heteroatoms. The molecule has 2 rings (SSSR count). The summed E-state index contributed by atoms with van der Waals surface area (Å²) < 4.78 is 6.27. The van der Waals surface area contributed by atoms with Crippen LogP contribution in [0.3, 0.4) is 0 Å². The highest BCUT2D eigenvalue weighted by Crippen LogP contribution is 2.25. The third kappa shape index (κ3) is 4.43. The van der Waals surface area contributed by atoms with Gasteiger partial charge in [0.2, 0.25) is 0 Å². The van der Waals surface area contributed by atoms with Gasteiger partial charge in [0.05, 0.1) is 6.61 Å². The third-order valence-corrected chi connectivity index (χ3v) is 3.19. The Bertz CT molecular complexity index is 623. The van der Waals surface area contributed by atoms with E-state index in [9.17, 15) is 0 Å². The Labute approximate surface area is 134 Å². The molecule has 1 heterocycles. The summed E-state index contributed by atoms with van der Waals surface area (Å²) in [7, 11) is 0. The van der Waals surface area contributed by atoms with Gasteiger partial charge in [0, 0.05) is 23.2 Å². The second-order valence-electron chi connectivity index (χ2n) is 5.74. The number of nitrogens with zero attached hydrogens (tertiary/aromatic N) is 2. The largest absolute Gasteiger partial charge is 0.494 e. The van der Waals surface area contributed by atoms with E-state index in [1.807, 2.05) is 37.3 Å². The van der Waals surface area contributed by atoms with E-state index in [0.717, 1.165) is 27.7 Å². The van der Waals surface area contributed by atoms with Gasteiger partial charge in [0.25, 0.3) is 0 Å². The predicted octanol–water partition coefficient (Wildman–Crippen LogP) is 4.68. The van der Waals surface area contributed by atoms with E-state index in [2.05, 4.69) is 52.0 Å². The zero-order chi connectivity index (χ0) is 15.5. The Morgan fingerprint density at radius 1 is 1.19 bits per heavy atom. The number of ether oxygens (including phenoxy) is 1. The maximum Gasteiger partial charge on any atom is 0.137 e. The minimum Gasteiger partial charge on any atom is -0.494 e. The van der Waals surface area contributed by atoms with Gasteiger partial charge in [-0.1, -0.05) is 26.8 Å². The number of benzene rings is 1. The Balaban J connectivity index is 2.27. The van der Waals surface area contributed by atoms with Crippen LogP contribution in [0.2, 0.25) is 0 Å². The fourth-order valence-electron chi connectivity index (χ4n) is 1.80. The van der Waals surface area contributed by atoms with Crippen LogP contribution < -0.4 is 10.1 Å². The molecule has 0 fully saturated rings. The Morgan fingerprint density at radius 2 is 1.95 bits per heavy atom. The molecule has 0 radical (unpaired) electrons. The number of aromatic nitrogens is 2. The van der Waals surface area contributed by atoms with Gasteiger partial charge in [0.1, 0.15) is 22.0 Å². The van der Waals surface area contributed by atoms with Gasteiger partial charge in [-0.15, -0.1) is 0 Å². The lowest BCUT2D eigenvalue weighted by Crippen LogP contribution is -2.16. The van der Waals surface area contributed by atoms with Crippen LogP contribution in [0.1, 0.15) is 33.5 Å². The summed E-state index contributed by atoms with van der Waals surface area (Å²) >= 11 is 3.44. The summed E-state index contributed by atoms with van der Waals surface area (Å²) in [5.41, 5.74) is 0.833. The number of rotatable bonds is 4. The van der Waals surface area contributed by atoms with Crippen LogP contribution in [0.25, 0.3) is 0 Å². The smallest absolute Gasteiger partial charge is 0.137 e. The highest BCUT2D eigenvalue weighted by molar-refractivity contribution is 9.10. The second-order valence-corrected chi connectivity index (χ2v) is 6.55. The average Bonchev–Trinajstić information content (AvgIpc) is 2.38. The van der Waals surface area contributed by atoms with Crippen molar-refractivity contribution in [2.24, 2.45) is 0 Å². The second kappa shape index (κ2) is 6.43. The first kappa shape index (κ1) is 15.8. The number of nitrogens with one attached hydrogen (secondary N) is 1. The zero-order valence-electron chi connectivity index (χ0n) is 12.8. The van der Waals surface area contributed by atoms with Crippen molar-refractivity contribution in [2.45, 2.75) is 33.1 Å². The molecule has 0 bridgehead atoms. The molecule has 0 unspecified atom stereocenters. The monoisotopic (exact) mass is 349 g/mol. The molecule has 4 nitrogen and oxygen atoms in total. The van der Waals surface area contributed by atoms with Crippen molar-refractivity contribution in [3.63, 3.8) is 0 Å². The first-order chi connectivity index (χ1) is 9.88. The van der Waals surface area contributed by atoms with Crippen molar-refractivity contribution in [3.8, 4) is 5.75 Å². The molecule has 0 atom stereocenters. The molecular weight excluding hydrogens is 330 g/mol. The SMILES string of the molecule is CCOc1cccc(Nc2cc(Br)nc(C(C)(C)C)n2)c1. The van der Waals surface area contributed by atoms with Gasteiger partial charge >= 0.3 is 0 Å². The molecule has 0 aliphatic carbocycles. The van der Waals surface area contributed by atoms with Crippen molar-refractivity contribution in [3.05, 3.63) is 40.8 Å². The lowest BCUT2D eigenvalue weighted by Gasteiger charge is -2.18. The van der Waals surface area contributed by atoms with E-state index in [1.165, 1.54) is 0 Å². The summed E-state index contributed by atoms with van der Waals surface area (Å²) in [4.78, 5) is 9.02. The highest BCUT2D eigenvalue weighted by Gasteiger charge is 2.18. The van der Waals surface area contributed by atoms with Gasteiger partial charge in [-0.2, -0.15) is 0 Å². The number of hydrogen-bond acceptors (Lipinski definition) is 4. The van der Waals surface area contributed by atoms with Crippen LogP contribution in [0, 0.1) is 0 Å². The molecule has 0 aliphatic rings. The first-order valence-corrected chi connectivity index (χ1v) is 7.73.